The first kappa shape index (κ1) is 28.9. The van der Waals surface area contributed by atoms with E-state index in [0.717, 1.165) is 33.2 Å². The van der Waals surface area contributed by atoms with Gasteiger partial charge in [-0.05, 0) is 87.6 Å². The molecule has 0 saturated carbocycles. The fraction of sp³-hybridized carbons (Fsp3) is 0.367. The Hall–Kier alpha value is -4.08. The molecule has 1 unspecified atom stereocenters. The first-order valence-corrected chi connectivity index (χ1v) is 12.7. The van der Waals surface area contributed by atoms with Crippen molar-refractivity contribution in [1.82, 2.24) is 4.98 Å². The zero-order chi connectivity index (χ0) is 29.4. The topological polar surface area (TPSA) is 78.0 Å². The number of benzene rings is 2. The van der Waals surface area contributed by atoms with E-state index in [9.17, 15) is 22.8 Å². The van der Waals surface area contributed by atoms with Gasteiger partial charge in [-0.15, -0.1) is 0 Å². The van der Waals surface area contributed by atoms with Crippen LogP contribution in [0.2, 0.25) is 0 Å². The number of aromatic nitrogens is 1. The molecule has 0 aliphatic carbocycles. The Morgan fingerprint density at radius 2 is 1.85 bits per heavy atom. The van der Waals surface area contributed by atoms with Crippen molar-refractivity contribution in [2.75, 3.05) is 18.6 Å². The summed E-state index contributed by atoms with van der Waals surface area (Å²) in [6.07, 6.45) is -0.814. The molecule has 1 aliphatic rings. The average molecular weight is 557 g/mol. The zero-order valence-corrected chi connectivity index (χ0v) is 23.2. The van der Waals surface area contributed by atoms with Gasteiger partial charge in [0.2, 0.25) is 0 Å². The number of esters is 1. The number of halogens is 3. The second-order valence-corrected chi connectivity index (χ2v) is 10.2. The standard InChI is InChI=1S/C30H31F3N2O5/c1-17-18(2)27-23(19(3)26(17)39-20(4)36)11-12-29(5,40-27)16-38-25-10-9-22(14-24(25)30(31,32)33)35(6)28(37)21-8-7-13-34-15-21/h7-10,13-15H,11-12,16H2,1-6H3. The summed E-state index contributed by atoms with van der Waals surface area (Å²) >= 11 is 0. The van der Waals surface area contributed by atoms with Crippen molar-refractivity contribution in [3.63, 3.8) is 0 Å². The minimum Gasteiger partial charge on any atom is -0.489 e. The molecule has 10 heteroatoms. The quantitative estimate of drug-likeness (QED) is 0.259. The lowest BCUT2D eigenvalue weighted by Crippen LogP contribution is -2.42. The molecule has 40 heavy (non-hydrogen) atoms. The van der Waals surface area contributed by atoms with Crippen molar-refractivity contribution in [2.24, 2.45) is 0 Å². The molecular weight excluding hydrogens is 525 g/mol. The molecule has 0 fully saturated rings. The van der Waals surface area contributed by atoms with Gasteiger partial charge >= 0.3 is 12.1 Å². The van der Waals surface area contributed by atoms with Gasteiger partial charge in [-0.2, -0.15) is 13.2 Å². The number of ether oxygens (including phenoxy) is 3. The summed E-state index contributed by atoms with van der Waals surface area (Å²) in [5.74, 6) is -0.128. The van der Waals surface area contributed by atoms with Gasteiger partial charge in [0.25, 0.3) is 5.91 Å². The van der Waals surface area contributed by atoms with Crippen LogP contribution >= 0.6 is 0 Å². The first-order valence-electron chi connectivity index (χ1n) is 12.7. The van der Waals surface area contributed by atoms with Crippen LogP contribution in [0, 0.1) is 20.8 Å². The van der Waals surface area contributed by atoms with E-state index < -0.39 is 29.2 Å². The number of nitrogens with zero attached hydrogens (tertiary/aromatic N) is 2. The van der Waals surface area contributed by atoms with Gasteiger partial charge < -0.3 is 19.1 Å². The number of carbonyl (C=O) groups excluding carboxylic acids is 2. The van der Waals surface area contributed by atoms with Crippen LogP contribution in [0.15, 0.2) is 42.7 Å². The molecule has 0 bridgehead atoms. The van der Waals surface area contributed by atoms with E-state index in [1.807, 2.05) is 20.8 Å². The van der Waals surface area contributed by atoms with Crippen LogP contribution in [0.4, 0.5) is 18.9 Å². The summed E-state index contributed by atoms with van der Waals surface area (Å²) in [4.78, 5) is 29.4. The predicted molar refractivity (Wildman–Crippen MR) is 143 cm³/mol. The number of hydrogen-bond donors (Lipinski definition) is 0. The summed E-state index contributed by atoms with van der Waals surface area (Å²) in [5.41, 5.74) is 1.67. The first-order chi connectivity index (χ1) is 18.7. The van der Waals surface area contributed by atoms with E-state index in [-0.39, 0.29) is 23.6 Å². The van der Waals surface area contributed by atoms with Crippen LogP contribution in [0.1, 0.15) is 58.4 Å². The van der Waals surface area contributed by atoms with Crippen LogP contribution in [0.5, 0.6) is 17.2 Å². The van der Waals surface area contributed by atoms with E-state index in [1.54, 1.807) is 19.1 Å². The highest BCUT2D eigenvalue weighted by molar-refractivity contribution is 6.05. The second-order valence-electron chi connectivity index (χ2n) is 10.2. The Balaban J connectivity index is 1.58. The van der Waals surface area contributed by atoms with Gasteiger partial charge in [0.15, 0.2) is 0 Å². The largest absolute Gasteiger partial charge is 0.489 e. The molecule has 1 atom stereocenters. The van der Waals surface area contributed by atoms with Crippen LogP contribution in [0.3, 0.4) is 0 Å². The molecule has 0 radical (unpaired) electrons. The van der Waals surface area contributed by atoms with Gasteiger partial charge in [-0.3, -0.25) is 14.6 Å². The summed E-state index contributed by atoms with van der Waals surface area (Å²) in [7, 11) is 1.40. The zero-order valence-electron chi connectivity index (χ0n) is 23.2. The number of rotatable bonds is 6. The number of alkyl halides is 3. The lowest BCUT2D eigenvalue weighted by Gasteiger charge is -2.38. The number of carbonyl (C=O) groups is 2. The minimum absolute atomic E-state index is 0.0627. The van der Waals surface area contributed by atoms with E-state index >= 15 is 0 Å². The van der Waals surface area contributed by atoms with Crippen LogP contribution < -0.4 is 19.1 Å². The molecule has 1 aromatic heterocycles. The number of pyridine rings is 1. The van der Waals surface area contributed by atoms with Gasteiger partial charge in [0, 0.05) is 37.6 Å². The summed E-state index contributed by atoms with van der Waals surface area (Å²) in [6, 6.07) is 6.64. The van der Waals surface area contributed by atoms with Gasteiger partial charge in [0.05, 0.1) is 11.1 Å². The molecule has 4 rings (SSSR count). The van der Waals surface area contributed by atoms with Crippen molar-refractivity contribution < 1.29 is 37.0 Å². The van der Waals surface area contributed by atoms with E-state index in [1.165, 1.54) is 38.5 Å². The molecule has 2 aromatic carbocycles. The maximum Gasteiger partial charge on any atom is 0.420 e. The molecule has 0 spiro atoms. The summed E-state index contributed by atoms with van der Waals surface area (Å²) < 4.78 is 59.8. The van der Waals surface area contributed by atoms with Gasteiger partial charge in [0.1, 0.15) is 29.5 Å². The Kier molecular flexibility index (Phi) is 7.83. The molecule has 212 valence electrons. The summed E-state index contributed by atoms with van der Waals surface area (Å²) in [6.45, 7) is 8.55. The Bertz CT molecular complexity index is 1460. The molecule has 1 amide bonds. The minimum atomic E-state index is -4.72. The fourth-order valence-electron chi connectivity index (χ4n) is 4.78. The van der Waals surface area contributed by atoms with Crippen LogP contribution in [0.25, 0.3) is 0 Å². The number of amides is 1. The van der Waals surface area contributed by atoms with E-state index in [2.05, 4.69) is 4.98 Å². The third-order valence-electron chi connectivity index (χ3n) is 7.21. The van der Waals surface area contributed by atoms with Crippen LogP contribution in [-0.4, -0.2) is 36.1 Å². The smallest absolute Gasteiger partial charge is 0.420 e. The average Bonchev–Trinajstić information content (AvgIpc) is 2.92. The number of anilines is 1. The predicted octanol–water partition coefficient (Wildman–Crippen LogP) is 6.39. The monoisotopic (exact) mass is 556 g/mol. The second kappa shape index (κ2) is 10.8. The summed E-state index contributed by atoms with van der Waals surface area (Å²) in [5, 5.41) is 0. The van der Waals surface area contributed by atoms with Gasteiger partial charge in [-0.25, -0.2) is 0 Å². The van der Waals surface area contributed by atoms with Crippen molar-refractivity contribution in [3.8, 4) is 17.2 Å². The van der Waals surface area contributed by atoms with Crippen molar-refractivity contribution in [1.29, 1.82) is 0 Å². The van der Waals surface area contributed by atoms with Crippen LogP contribution in [-0.2, 0) is 17.4 Å². The molecule has 1 aliphatic heterocycles. The Labute approximate surface area is 230 Å². The van der Waals surface area contributed by atoms with Gasteiger partial charge in [-0.1, -0.05) is 0 Å². The van der Waals surface area contributed by atoms with E-state index in [4.69, 9.17) is 14.2 Å². The third kappa shape index (κ3) is 5.76. The normalized spacial score (nSPS) is 16.5. The Morgan fingerprint density at radius 3 is 2.48 bits per heavy atom. The maximum absolute atomic E-state index is 14.1. The highest BCUT2D eigenvalue weighted by Crippen LogP contribution is 2.45. The molecule has 3 aromatic rings. The highest BCUT2D eigenvalue weighted by Gasteiger charge is 2.39. The Morgan fingerprint density at radius 1 is 1.12 bits per heavy atom. The SMILES string of the molecule is CC(=O)Oc1c(C)c(C)c2c(c1C)CCC(C)(COc1ccc(N(C)C(=O)c3cccnc3)cc1C(F)(F)F)O2. The molecule has 2 heterocycles. The van der Waals surface area contributed by atoms with Crippen molar-refractivity contribution in [3.05, 3.63) is 76.1 Å². The lowest BCUT2D eigenvalue weighted by molar-refractivity contribution is -0.139. The maximum atomic E-state index is 14.1. The fourth-order valence-corrected chi connectivity index (χ4v) is 4.78. The van der Waals surface area contributed by atoms with Crippen molar-refractivity contribution in [2.45, 2.75) is 59.2 Å². The van der Waals surface area contributed by atoms with E-state index in [0.29, 0.717) is 24.3 Å². The number of hydrogen-bond acceptors (Lipinski definition) is 6. The lowest BCUT2D eigenvalue weighted by atomic mass is 9.87. The molecule has 0 saturated heterocycles. The molecule has 7 nitrogen and oxygen atoms in total. The number of fused-ring (bicyclic) bond motifs is 1. The molecular formula is C30H31F3N2O5. The third-order valence-corrected chi connectivity index (χ3v) is 7.21. The van der Waals surface area contributed by atoms with Crippen molar-refractivity contribution >= 4 is 17.6 Å². The highest BCUT2D eigenvalue weighted by atomic mass is 19.4. The molecule has 0 N–H and O–H groups in total.